The zero-order valence-corrected chi connectivity index (χ0v) is 7.93. The molecule has 2 aliphatic carbocycles. The minimum Gasteiger partial charge on any atom is -0.0739 e. The van der Waals surface area contributed by atoms with Crippen molar-refractivity contribution in [2.24, 2.45) is 5.41 Å². The zero-order valence-electron chi connectivity index (χ0n) is 7.93. The van der Waals surface area contributed by atoms with Gasteiger partial charge in [0.15, 0.2) is 0 Å². The maximum atomic E-state index is 2.39. The van der Waals surface area contributed by atoms with Gasteiger partial charge in [-0.2, -0.15) is 0 Å². The summed E-state index contributed by atoms with van der Waals surface area (Å²) in [6.45, 7) is 4.57. The molecule has 0 aliphatic heterocycles. The molecule has 0 aromatic carbocycles. The third kappa shape index (κ3) is 0.906. The van der Waals surface area contributed by atoms with Gasteiger partial charge in [0.05, 0.1) is 0 Å². The molecule has 0 aromatic rings. The van der Waals surface area contributed by atoms with Gasteiger partial charge in [0.25, 0.3) is 0 Å². The standard InChI is InChI=1S/C12H16/c1-3-12-8-5-4-6-11(12)10(2)7-9-12/h4-6,8H,3,7,9H2,1-2H3. The van der Waals surface area contributed by atoms with E-state index in [1.807, 2.05) is 0 Å². The van der Waals surface area contributed by atoms with Crippen molar-refractivity contribution < 1.29 is 0 Å². The van der Waals surface area contributed by atoms with Gasteiger partial charge in [-0.15, -0.1) is 0 Å². The van der Waals surface area contributed by atoms with Crippen LogP contribution in [0.1, 0.15) is 33.1 Å². The molecule has 0 heterocycles. The van der Waals surface area contributed by atoms with E-state index in [0.29, 0.717) is 5.41 Å². The summed E-state index contributed by atoms with van der Waals surface area (Å²) in [7, 11) is 0. The lowest BCUT2D eigenvalue weighted by Crippen LogP contribution is -2.16. The smallest absolute Gasteiger partial charge is 0.0135 e. The molecule has 0 amide bonds. The van der Waals surface area contributed by atoms with Crippen LogP contribution in [0, 0.1) is 5.41 Å². The van der Waals surface area contributed by atoms with Crippen molar-refractivity contribution in [3.63, 3.8) is 0 Å². The summed E-state index contributed by atoms with van der Waals surface area (Å²) in [6, 6.07) is 0. The Morgan fingerprint density at radius 1 is 1.42 bits per heavy atom. The van der Waals surface area contributed by atoms with Gasteiger partial charge in [0, 0.05) is 5.41 Å². The number of hydrogen-bond donors (Lipinski definition) is 0. The molecular weight excluding hydrogens is 144 g/mol. The first-order valence-electron chi connectivity index (χ1n) is 4.85. The summed E-state index contributed by atoms with van der Waals surface area (Å²) in [5, 5.41) is 0. The molecule has 0 bridgehead atoms. The topological polar surface area (TPSA) is 0 Å². The van der Waals surface area contributed by atoms with Crippen LogP contribution < -0.4 is 0 Å². The molecule has 64 valence electrons. The van der Waals surface area contributed by atoms with Gasteiger partial charge in [-0.1, -0.05) is 36.8 Å². The number of hydrogen-bond acceptors (Lipinski definition) is 0. The van der Waals surface area contributed by atoms with Crippen LogP contribution in [0.3, 0.4) is 0 Å². The zero-order chi connectivity index (χ0) is 8.60. The van der Waals surface area contributed by atoms with Crippen LogP contribution in [0.2, 0.25) is 0 Å². The predicted molar refractivity (Wildman–Crippen MR) is 52.9 cm³/mol. The predicted octanol–water partition coefficient (Wildman–Crippen LogP) is 3.62. The molecular formula is C12H16. The maximum Gasteiger partial charge on any atom is 0.0135 e. The van der Waals surface area contributed by atoms with Crippen LogP contribution in [0.15, 0.2) is 35.5 Å². The fraction of sp³-hybridized carbons (Fsp3) is 0.500. The van der Waals surface area contributed by atoms with Gasteiger partial charge < -0.3 is 0 Å². The molecule has 0 saturated heterocycles. The van der Waals surface area contributed by atoms with Crippen LogP contribution in [0.4, 0.5) is 0 Å². The first kappa shape index (κ1) is 7.85. The van der Waals surface area contributed by atoms with E-state index in [0.717, 1.165) is 0 Å². The molecule has 0 N–H and O–H groups in total. The normalized spacial score (nSPS) is 32.8. The van der Waals surface area contributed by atoms with Crippen molar-refractivity contribution in [2.75, 3.05) is 0 Å². The fourth-order valence-electron chi connectivity index (χ4n) is 2.46. The second kappa shape index (κ2) is 2.62. The largest absolute Gasteiger partial charge is 0.0739 e. The molecule has 1 atom stereocenters. The summed E-state index contributed by atoms with van der Waals surface area (Å²) in [4.78, 5) is 0. The lowest BCUT2D eigenvalue weighted by Gasteiger charge is -2.28. The Hall–Kier alpha value is -0.780. The Labute approximate surface area is 74.7 Å². The Morgan fingerprint density at radius 3 is 2.92 bits per heavy atom. The molecule has 2 rings (SSSR count). The average Bonchev–Trinajstić information content (AvgIpc) is 2.46. The van der Waals surface area contributed by atoms with Crippen molar-refractivity contribution in [3.05, 3.63) is 35.5 Å². The Kier molecular flexibility index (Phi) is 1.71. The van der Waals surface area contributed by atoms with Crippen LogP contribution in [0.25, 0.3) is 0 Å². The molecule has 12 heavy (non-hydrogen) atoms. The molecule has 0 heteroatoms. The van der Waals surface area contributed by atoms with Gasteiger partial charge in [-0.25, -0.2) is 0 Å². The Balaban J connectivity index is 2.46. The number of rotatable bonds is 1. The quantitative estimate of drug-likeness (QED) is 0.549. The Bertz CT molecular complexity index is 278. The van der Waals surface area contributed by atoms with Crippen molar-refractivity contribution in [1.29, 1.82) is 0 Å². The minimum atomic E-state index is 0.416. The van der Waals surface area contributed by atoms with Gasteiger partial charge in [0.1, 0.15) is 0 Å². The molecule has 0 nitrogen and oxygen atoms in total. The van der Waals surface area contributed by atoms with E-state index >= 15 is 0 Å². The summed E-state index contributed by atoms with van der Waals surface area (Å²) >= 11 is 0. The highest BCUT2D eigenvalue weighted by Gasteiger charge is 2.34. The van der Waals surface area contributed by atoms with Crippen molar-refractivity contribution >= 4 is 0 Å². The van der Waals surface area contributed by atoms with Crippen LogP contribution >= 0.6 is 0 Å². The number of fused-ring (bicyclic) bond motifs is 1. The average molecular weight is 160 g/mol. The minimum absolute atomic E-state index is 0.416. The van der Waals surface area contributed by atoms with E-state index in [1.54, 1.807) is 11.1 Å². The first-order chi connectivity index (χ1) is 5.78. The van der Waals surface area contributed by atoms with Gasteiger partial charge in [-0.05, 0) is 31.8 Å². The van der Waals surface area contributed by atoms with Crippen LogP contribution in [0.5, 0.6) is 0 Å². The van der Waals surface area contributed by atoms with Crippen LogP contribution in [-0.4, -0.2) is 0 Å². The van der Waals surface area contributed by atoms with E-state index in [4.69, 9.17) is 0 Å². The highest BCUT2D eigenvalue weighted by Crippen LogP contribution is 2.48. The first-order valence-corrected chi connectivity index (χ1v) is 4.85. The maximum absolute atomic E-state index is 2.39. The lowest BCUT2D eigenvalue weighted by atomic mass is 9.76. The Morgan fingerprint density at radius 2 is 2.25 bits per heavy atom. The second-order valence-corrected chi connectivity index (χ2v) is 3.92. The summed E-state index contributed by atoms with van der Waals surface area (Å²) in [5.41, 5.74) is 3.60. The molecule has 0 saturated carbocycles. The number of allylic oxidation sites excluding steroid dienone is 6. The van der Waals surface area contributed by atoms with Crippen LogP contribution in [-0.2, 0) is 0 Å². The van der Waals surface area contributed by atoms with Gasteiger partial charge >= 0.3 is 0 Å². The molecule has 0 aromatic heterocycles. The van der Waals surface area contributed by atoms with Gasteiger partial charge in [0.2, 0.25) is 0 Å². The van der Waals surface area contributed by atoms with E-state index in [9.17, 15) is 0 Å². The highest BCUT2D eigenvalue weighted by molar-refractivity contribution is 5.44. The molecule has 1 unspecified atom stereocenters. The van der Waals surface area contributed by atoms with Gasteiger partial charge in [-0.3, -0.25) is 0 Å². The third-order valence-electron chi connectivity index (χ3n) is 3.36. The second-order valence-electron chi connectivity index (χ2n) is 3.92. The molecule has 0 radical (unpaired) electrons. The highest BCUT2D eigenvalue weighted by atomic mass is 14.4. The van der Waals surface area contributed by atoms with Crippen molar-refractivity contribution in [1.82, 2.24) is 0 Å². The van der Waals surface area contributed by atoms with E-state index < -0.39 is 0 Å². The molecule has 0 spiro atoms. The monoisotopic (exact) mass is 160 g/mol. The third-order valence-corrected chi connectivity index (χ3v) is 3.36. The molecule has 2 aliphatic rings. The fourth-order valence-corrected chi connectivity index (χ4v) is 2.46. The van der Waals surface area contributed by atoms with Crippen molar-refractivity contribution in [3.8, 4) is 0 Å². The summed E-state index contributed by atoms with van der Waals surface area (Å²) < 4.78 is 0. The summed E-state index contributed by atoms with van der Waals surface area (Å²) in [6.07, 6.45) is 12.9. The SMILES string of the molecule is CCC12C=CC=CC1=C(C)CC2. The lowest BCUT2D eigenvalue weighted by molar-refractivity contribution is 0.444. The molecule has 0 fully saturated rings. The van der Waals surface area contributed by atoms with E-state index in [2.05, 4.69) is 38.2 Å². The van der Waals surface area contributed by atoms with E-state index in [-0.39, 0.29) is 0 Å². The summed E-state index contributed by atoms with van der Waals surface area (Å²) in [5.74, 6) is 0. The van der Waals surface area contributed by atoms with E-state index in [1.165, 1.54) is 19.3 Å². The van der Waals surface area contributed by atoms with Crippen molar-refractivity contribution in [2.45, 2.75) is 33.1 Å².